The molecule has 0 aromatic carbocycles. The Hall–Kier alpha value is -0.590. The highest BCUT2D eigenvalue weighted by atomic mass is 15.2. The van der Waals surface area contributed by atoms with Crippen LogP contribution in [0.5, 0.6) is 0 Å². The summed E-state index contributed by atoms with van der Waals surface area (Å²) in [4.78, 5) is 5.33. The summed E-state index contributed by atoms with van der Waals surface area (Å²) >= 11 is 0. The van der Waals surface area contributed by atoms with Gasteiger partial charge in [-0.2, -0.15) is 5.26 Å². The standard InChI is InChI=1S/C15H27N3/c16-9-3-1-4-10-17-13-7-15(8-14-17)18-11-5-2-6-12-18/h15H,1-8,10-14H2. The molecule has 0 unspecified atom stereocenters. The van der Waals surface area contributed by atoms with Gasteiger partial charge in [-0.05, 0) is 71.2 Å². The fourth-order valence-electron chi connectivity index (χ4n) is 3.33. The van der Waals surface area contributed by atoms with Gasteiger partial charge in [0, 0.05) is 12.5 Å². The van der Waals surface area contributed by atoms with Gasteiger partial charge >= 0.3 is 0 Å². The maximum absolute atomic E-state index is 8.51. The summed E-state index contributed by atoms with van der Waals surface area (Å²) in [6, 6.07) is 3.09. The molecule has 18 heavy (non-hydrogen) atoms. The van der Waals surface area contributed by atoms with Crippen LogP contribution in [0, 0.1) is 11.3 Å². The van der Waals surface area contributed by atoms with Crippen LogP contribution >= 0.6 is 0 Å². The molecule has 102 valence electrons. The molecule has 0 spiro atoms. The van der Waals surface area contributed by atoms with E-state index in [4.69, 9.17) is 5.26 Å². The lowest BCUT2D eigenvalue weighted by atomic mass is 10.00. The van der Waals surface area contributed by atoms with Gasteiger partial charge < -0.3 is 9.80 Å². The summed E-state index contributed by atoms with van der Waals surface area (Å²) in [5.41, 5.74) is 0. The number of nitriles is 1. The number of unbranched alkanes of at least 4 members (excludes halogenated alkanes) is 2. The van der Waals surface area contributed by atoms with Gasteiger partial charge in [0.1, 0.15) is 0 Å². The van der Waals surface area contributed by atoms with E-state index in [-0.39, 0.29) is 0 Å². The smallest absolute Gasteiger partial charge is 0.0621 e. The number of piperidine rings is 2. The lowest BCUT2D eigenvalue weighted by molar-refractivity contribution is 0.0919. The first kappa shape index (κ1) is 13.8. The van der Waals surface area contributed by atoms with Crippen molar-refractivity contribution in [2.75, 3.05) is 32.7 Å². The van der Waals surface area contributed by atoms with Gasteiger partial charge in [0.2, 0.25) is 0 Å². The minimum Gasteiger partial charge on any atom is -0.303 e. The van der Waals surface area contributed by atoms with Crippen molar-refractivity contribution in [1.82, 2.24) is 9.80 Å². The molecule has 2 fully saturated rings. The average Bonchev–Trinajstić information content (AvgIpc) is 2.45. The normalized spacial score (nSPS) is 23.9. The first-order chi connectivity index (χ1) is 8.90. The van der Waals surface area contributed by atoms with Gasteiger partial charge in [-0.1, -0.05) is 6.42 Å². The first-order valence-corrected chi connectivity index (χ1v) is 7.73. The predicted octanol–water partition coefficient (Wildman–Crippen LogP) is 2.63. The van der Waals surface area contributed by atoms with Gasteiger partial charge in [-0.3, -0.25) is 0 Å². The number of likely N-dealkylation sites (tertiary alicyclic amines) is 2. The summed E-state index contributed by atoms with van der Waals surface area (Å²) in [6.07, 6.45) is 9.97. The molecule has 0 amide bonds. The quantitative estimate of drug-likeness (QED) is 0.702. The molecule has 0 radical (unpaired) electrons. The van der Waals surface area contributed by atoms with E-state index in [1.807, 2.05) is 0 Å². The second-order valence-electron chi connectivity index (χ2n) is 5.78. The van der Waals surface area contributed by atoms with E-state index in [1.54, 1.807) is 0 Å². The van der Waals surface area contributed by atoms with E-state index in [0.717, 1.165) is 18.9 Å². The molecule has 2 aliphatic rings. The summed E-state index contributed by atoms with van der Waals surface area (Å²) in [6.45, 7) is 6.43. The lowest BCUT2D eigenvalue weighted by Gasteiger charge is -2.40. The SMILES string of the molecule is N#CCCCCN1CCC(N2CCCCC2)CC1. The fourth-order valence-corrected chi connectivity index (χ4v) is 3.33. The van der Waals surface area contributed by atoms with Gasteiger partial charge in [0.15, 0.2) is 0 Å². The Morgan fingerprint density at radius 3 is 2.33 bits per heavy atom. The van der Waals surface area contributed by atoms with Crippen molar-refractivity contribution in [1.29, 1.82) is 5.26 Å². The Kier molecular flexibility index (Phi) is 5.96. The van der Waals surface area contributed by atoms with Gasteiger partial charge in [-0.25, -0.2) is 0 Å². The minimum absolute atomic E-state index is 0.726. The van der Waals surface area contributed by atoms with Crippen LogP contribution in [0.25, 0.3) is 0 Å². The molecule has 0 atom stereocenters. The molecule has 2 aliphatic heterocycles. The monoisotopic (exact) mass is 249 g/mol. The Morgan fingerprint density at radius 2 is 1.67 bits per heavy atom. The van der Waals surface area contributed by atoms with Crippen LogP contribution in [0.3, 0.4) is 0 Å². The van der Waals surface area contributed by atoms with Crippen molar-refractivity contribution < 1.29 is 0 Å². The Morgan fingerprint density at radius 1 is 0.944 bits per heavy atom. The van der Waals surface area contributed by atoms with E-state index in [1.165, 1.54) is 71.2 Å². The van der Waals surface area contributed by atoms with Crippen LogP contribution < -0.4 is 0 Å². The zero-order valence-electron chi connectivity index (χ0n) is 11.6. The molecule has 0 N–H and O–H groups in total. The third-order valence-corrected chi connectivity index (χ3v) is 4.48. The zero-order chi connectivity index (χ0) is 12.6. The number of rotatable bonds is 5. The molecule has 2 rings (SSSR count). The van der Waals surface area contributed by atoms with Crippen molar-refractivity contribution in [3.63, 3.8) is 0 Å². The highest BCUT2D eigenvalue weighted by molar-refractivity contribution is 4.81. The largest absolute Gasteiger partial charge is 0.303 e. The first-order valence-electron chi connectivity index (χ1n) is 7.73. The van der Waals surface area contributed by atoms with E-state index < -0.39 is 0 Å². The summed E-state index contributed by atoms with van der Waals surface area (Å²) in [5, 5.41) is 8.51. The van der Waals surface area contributed by atoms with Crippen LogP contribution in [0.4, 0.5) is 0 Å². The number of hydrogen-bond acceptors (Lipinski definition) is 3. The molecule has 0 bridgehead atoms. The summed E-state index contributed by atoms with van der Waals surface area (Å²) in [7, 11) is 0. The topological polar surface area (TPSA) is 30.3 Å². The van der Waals surface area contributed by atoms with Crippen molar-refractivity contribution >= 4 is 0 Å². The van der Waals surface area contributed by atoms with Crippen molar-refractivity contribution in [2.45, 2.75) is 57.4 Å². The third kappa shape index (κ3) is 4.26. The second-order valence-corrected chi connectivity index (χ2v) is 5.78. The zero-order valence-corrected chi connectivity index (χ0v) is 11.6. The molecule has 0 aromatic rings. The van der Waals surface area contributed by atoms with Crippen LogP contribution in [0.1, 0.15) is 51.4 Å². The van der Waals surface area contributed by atoms with E-state index in [0.29, 0.717) is 0 Å². The van der Waals surface area contributed by atoms with Crippen LogP contribution in [0.2, 0.25) is 0 Å². The Labute approximate surface area is 112 Å². The summed E-state index contributed by atoms with van der Waals surface area (Å²) in [5.74, 6) is 0. The molecule has 2 saturated heterocycles. The number of nitrogens with zero attached hydrogens (tertiary/aromatic N) is 3. The molecule has 0 aliphatic carbocycles. The summed E-state index contributed by atoms with van der Waals surface area (Å²) < 4.78 is 0. The fraction of sp³-hybridized carbons (Fsp3) is 0.933. The average molecular weight is 249 g/mol. The Balaban J connectivity index is 1.60. The highest BCUT2D eigenvalue weighted by Crippen LogP contribution is 2.20. The van der Waals surface area contributed by atoms with Crippen molar-refractivity contribution in [3.8, 4) is 6.07 Å². The van der Waals surface area contributed by atoms with Gasteiger partial charge in [0.05, 0.1) is 6.07 Å². The molecular weight excluding hydrogens is 222 g/mol. The number of hydrogen-bond donors (Lipinski definition) is 0. The maximum Gasteiger partial charge on any atom is 0.0621 e. The molecule has 3 nitrogen and oxygen atoms in total. The molecule has 3 heteroatoms. The molecule has 0 saturated carbocycles. The van der Waals surface area contributed by atoms with Gasteiger partial charge in [0.25, 0.3) is 0 Å². The second kappa shape index (κ2) is 7.76. The molecule has 0 aromatic heterocycles. The highest BCUT2D eigenvalue weighted by Gasteiger charge is 2.24. The van der Waals surface area contributed by atoms with Crippen molar-refractivity contribution in [2.24, 2.45) is 0 Å². The van der Waals surface area contributed by atoms with Crippen LogP contribution in [0.15, 0.2) is 0 Å². The molecular formula is C15H27N3. The van der Waals surface area contributed by atoms with Crippen LogP contribution in [-0.4, -0.2) is 48.6 Å². The predicted molar refractivity (Wildman–Crippen MR) is 74.4 cm³/mol. The van der Waals surface area contributed by atoms with Gasteiger partial charge in [-0.15, -0.1) is 0 Å². The Bertz CT molecular complexity index is 257. The minimum atomic E-state index is 0.726. The maximum atomic E-state index is 8.51. The van der Waals surface area contributed by atoms with Crippen LogP contribution in [-0.2, 0) is 0 Å². The third-order valence-electron chi connectivity index (χ3n) is 4.48. The van der Waals surface area contributed by atoms with E-state index in [9.17, 15) is 0 Å². The van der Waals surface area contributed by atoms with E-state index in [2.05, 4.69) is 15.9 Å². The lowest BCUT2D eigenvalue weighted by Crippen LogP contribution is -2.46. The van der Waals surface area contributed by atoms with E-state index >= 15 is 0 Å². The van der Waals surface area contributed by atoms with Crippen molar-refractivity contribution in [3.05, 3.63) is 0 Å². The molecule has 2 heterocycles.